The van der Waals surface area contributed by atoms with Crippen molar-refractivity contribution >= 4 is 33.1 Å². The Balaban J connectivity index is 2.05. The summed E-state index contributed by atoms with van der Waals surface area (Å²) in [7, 11) is -3.68. The van der Waals surface area contributed by atoms with Crippen molar-refractivity contribution in [2.24, 2.45) is 0 Å². The molecule has 1 amide bonds. The van der Waals surface area contributed by atoms with Gasteiger partial charge in [-0.2, -0.15) is 9.82 Å². The highest BCUT2D eigenvalue weighted by Crippen LogP contribution is 2.16. The summed E-state index contributed by atoms with van der Waals surface area (Å²) in [5.41, 5.74) is 0. The summed E-state index contributed by atoms with van der Waals surface area (Å²) in [4.78, 5) is 12.2. The molecule has 0 fully saturated rings. The van der Waals surface area contributed by atoms with Crippen LogP contribution in [0.15, 0.2) is 34.0 Å². The number of rotatable bonds is 6. The van der Waals surface area contributed by atoms with Crippen LogP contribution in [0.5, 0.6) is 0 Å². The Kier molecular flexibility index (Phi) is 4.99. The minimum absolute atomic E-state index is 0.0865. The third kappa shape index (κ3) is 3.73. The van der Waals surface area contributed by atoms with E-state index in [0.717, 1.165) is 11.3 Å². The average Bonchev–Trinajstić information content (AvgIpc) is 3.09. The Hall–Kier alpha value is -1.71. The van der Waals surface area contributed by atoms with Crippen LogP contribution < -0.4 is 10.0 Å². The van der Waals surface area contributed by atoms with Gasteiger partial charge in [-0.25, -0.2) is 13.1 Å². The van der Waals surface area contributed by atoms with Gasteiger partial charge in [0.1, 0.15) is 10.0 Å². The number of aromatic nitrogens is 2. The van der Waals surface area contributed by atoms with Crippen molar-refractivity contribution in [3.05, 3.63) is 29.8 Å². The van der Waals surface area contributed by atoms with Gasteiger partial charge < -0.3 is 5.32 Å². The number of thiophene rings is 1. The molecule has 0 spiro atoms. The van der Waals surface area contributed by atoms with Crippen molar-refractivity contribution in [1.82, 2.24) is 14.5 Å². The second-order valence-electron chi connectivity index (χ2n) is 5.02. The predicted molar refractivity (Wildman–Crippen MR) is 85.3 cm³/mol. The molecule has 2 N–H and O–H groups in total. The maximum atomic E-state index is 12.2. The molecule has 1 atom stereocenters. The molecule has 0 bridgehead atoms. The van der Waals surface area contributed by atoms with E-state index in [1.54, 1.807) is 28.4 Å². The fourth-order valence-electron chi connectivity index (χ4n) is 1.82. The fourth-order valence-corrected chi connectivity index (χ4v) is 4.03. The van der Waals surface area contributed by atoms with E-state index >= 15 is 0 Å². The van der Waals surface area contributed by atoms with Gasteiger partial charge in [-0.1, -0.05) is 6.07 Å². The predicted octanol–water partition coefficient (Wildman–Crippen LogP) is 1.83. The normalized spacial score (nSPS) is 13.3. The minimum Gasteiger partial charge on any atom is -0.310 e. The van der Waals surface area contributed by atoms with Crippen LogP contribution in [-0.4, -0.2) is 30.1 Å². The van der Waals surface area contributed by atoms with E-state index in [0.29, 0.717) is 5.82 Å². The molecule has 2 heterocycles. The highest BCUT2D eigenvalue weighted by molar-refractivity contribution is 7.91. The molecule has 120 valence electrons. The van der Waals surface area contributed by atoms with Gasteiger partial charge in [0.25, 0.3) is 10.0 Å². The second-order valence-corrected chi connectivity index (χ2v) is 7.91. The van der Waals surface area contributed by atoms with Crippen LogP contribution in [0.2, 0.25) is 0 Å². The summed E-state index contributed by atoms with van der Waals surface area (Å²) in [6.07, 6.45) is 1.58. The summed E-state index contributed by atoms with van der Waals surface area (Å²) in [5, 5.41) is 8.45. The van der Waals surface area contributed by atoms with Crippen molar-refractivity contribution in [2.45, 2.75) is 37.1 Å². The summed E-state index contributed by atoms with van der Waals surface area (Å²) in [5.74, 6) is 0.0877. The van der Waals surface area contributed by atoms with Crippen molar-refractivity contribution in [3.63, 3.8) is 0 Å². The largest absolute Gasteiger partial charge is 0.310 e. The number of amides is 1. The Morgan fingerprint density at radius 1 is 1.32 bits per heavy atom. The number of hydrogen-bond donors (Lipinski definition) is 2. The molecule has 0 radical (unpaired) electrons. The molecule has 0 aliphatic carbocycles. The number of anilines is 1. The van der Waals surface area contributed by atoms with Crippen molar-refractivity contribution in [2.75, 3.05) is 5.32 Å². The highest BCUT2D eigenvalue weighted by Gasteiger charge is 2.23. The zero-order chi connectivity index (χ0) is 16.3. The lowest BCUT2D eigenvalue weighted by Crippen LogP contribution is -2.41. The topological polar surface area (TPSA) is 93.1 Å². The minimum atomic E-state index is -3.68. The quantitative estimate of drug-likeness (QED) is 0.837. The third-order valence-corrected chi connectivity index (χ3v) is 5.83. The van der Waals surface area contributed by atoms with Gasteiger partial charge in [-0.15, -0.1) is 11.3 Å². The molecule has 2 aromatic rings. The molecule has 2 rings (SSSR count). The molecule has 0 aliphatic rings. The molecule has 2 aromatic heterocycles. The van der Waals surface area contributed by atoms with Crippen LogP contribution in [0, 0.1) is 0 Å². The van der Waals surface area contributed by atoms with Crippen molar-refractivity contribution < 1.29 is 13.2 Å². The zero-order valence-electron chi connectivity index (χ0n) is 12.5. The van der Waals surface area contributed by atoms with Crippen molar-refractivity contribution in [1.29, 1.82) is 0 Å². The van der Waals surface area contributed by atoms with E-state index in [1.807, 2.05) is 13.8 Å². The average molecular weight is 342 g/mol. The first-order valence-corrected chi connectivity index (χ1v) is 9.08. The first kappa shape index (κ1) is 16.7. The maximum absolute atomic E-state index is 12.2. The summed E-state index contributed by atoms with van der Waals surface area (Å²) in [6, 6.07) is 3.99. The lowest BCUT2D eigenvalue weighted by molar-refractivity contribution is -0.117. The molecule has 0 saturated carbocycles. The molecule has 0 aromatic carbocycles. The molecule has 0 saturated heterocycles. The lowest BCUT2D eigenvalue weighted by Gasteiger charge is -2.16. The second kappa shape index (κ2) is 6.59. The van der Waals surface area contributed by atoms with Gasteiger partial charge in [0, 0.05) is 12.1 Å². The van der Waals surface area contributed by atoms with Gasteiger partial charge >= 0.3 is 0 Å². The number of sulfonamides is 1. The van der Waals surface area contributed by atoms with Crippen LogP contribution in [0.25, 0.3) is 0 Å². The first-order valence-electron chi connectivity index (χ1n) is 6.71. The SMILES string of the molecule is CC(C)n1nccc1NC(=O)[C@@H](C)NS(=O)(=O)c1cccs1. The number of nitrogens with one attached hydrogen (secondary N) is 2. The molecular formula is C13H18N4O3S2. The van der Waals surface area contributed by atoms with E-state index < -0.39 is 22.0 Å². The van der Waals surface area contributed by atoms with Crippen LogP contribution in [0.3, 0.4) is 0 Å². The first-order chi connectivity index (χ1) is 10.3. The van der Waals surface area contributed by atoms with E-state index in [2.05, 4.69) is 15.1 Å². The molecule has 9 heteroatoms. The number of carbonyl (C=O) groups is 1. The summed E-state index contributed by atoms with van der Waals surface area (Å²) in [6.45, 7) is 5.37. The number of carbonyl (C=O) groups excluding carboxylic acids is 1. The van der Waals surface area contributed by atoms with Crippen LogP contribution in [0.1, 0.15) is 26.8 Å². The van der Waals surface area contributed by atoms with Crippen LogP contribution >= 0.6 is 11.3 Å². The Morgan fingerprint density at radius 3 is 2.64 bits per heavy atom. The van der Waals surface area contributed by atoms with E-state index in [1.165, 1.54) is 13.0 Å². The fraction of sp³-hybridized carbons (Fsp3) is 0.385. The monoisotopic (exact) mass is 342 g/mol. The molecular weight excluding hydrogens is 324 g/mol. The van der Waals surface area contributed by atoms with E-state index in [-0.39, 0.29) is 10.3 Å². The van der Waals surface area contributed by atoms with Gasteiger partial charge in [-0.05, 0) is 32.2 Å². The van der Waals surface area contributed by atoms with E-state index in [9.17, 15) is 13.2 Å². The molecule has 0 aliphatic heterocycles. The maximum Gasteiger partial charge on any atom is 0.250 e. The third-order valence-electron chi connectivity index (χ3n) is 2.90. The summed E-state index contributed by atoms with van der Waals surface area (Å²) >= 11 is 1.10. The highest BCUT2D eigenvalue weighted by atomic mass is 32.2. The number of hydrogen-bond acceptors (Lipinski definition) is 5. The Labute approximate surface area is 133 Å². The zero-order valence-corrected chi connectivity index (χ0v) is 14.1. The van der Waals surface area contributed by atoms with Crippen LogP contribution in [0.4, 0.5) is 5.82 Å². The summed E-state index contributed by atoms with van der Waals surface area (Å²) < 4.78 is 28.4. The van der Waals surface area contributed by atoms with Gasteiger partial charge in [0.05, 0.1) is 12.2 Å². The smallest absolute Gasteiger partial charge is 0.250 e. The van der Waals surface area contributed by atoms with Gasteiger partial charge in [0.2, 0.25) is 5.91 Å². The van der Waals surface area contributed by atoms with Crippen molar-refractivity contribution in [3.8, 4) is 0 Å². The van der Waals surface area contributed by atoms with E-state index in [4.69, 9.17) is 0 Å². The molecule has 0 unspecified atom stereocenters. The lowest BCUT2D eigenvalue weighted by atomic mass is 10.3. The molecule has 7 nitrogen and oxygen atoms in total. The van der Waals surface area contributed by atoms with Crippen LogP contribution in [-0.2, 0) is 14.8 Å². The van der Waals surface area contributed by atoms with Gasteiger partial charge in [0.15, 0.2) is 0 Å². The number of nitrogens with zero attached hydrogens (tertiary/aromatic N) is 2. The molecule has 22 heavy (non-hydrogen) atoms. The Bertz CT molecular complexity index is 735. The standard InChI is InChI=1S/C13H18N4O3S2/c1-9(2)17-11(6-7-14-17)15-13(18)10(3)16-22(19,20)12-5-4-8-21-12/h4-10,16H,1-3H3,(H,15,18)/t10-/m1/s1. The van der Waals surface area contributed by atoms with Gasteiger partial charge in [-0.3, -0.25) is 4.79 Å². The Morgan fingerprint density at radius 2 is 2.05 bits per heavy atom.